The molecule has 9 nitrogen and oxygen atoms in total. The first-order valence-corrected chi connectivity index (χ1v) is 13.3. The number of nitrogens with two attached hydrogens (primary N) is 1. The normalized spacial score (nSPS) is 24.6. The number of anilines is 3. The van der Waals surface area contributed by atoms with Gasteiger partial charge in [0.2, 0.25) is 17.8 Å². The Kier molecular flexibility index (Phi) is 7.44. The van der Waals surface area contributed by atoms with Gasteiger partial charge in [-0.1, -0.05) is 47.6 Å². The molecule has 0 radical (unpaired) electrons. The smallest absolute Gasteiger partial charge is 0.225 e. The molecule has 12 heteroatoms. The minimum Gasteiger partial charge on any atom is -0.391 e. The number of hydrogen-bond acceptors (Lipinski definition) is 7. The predicted molar refractivity (Wildman–Crippen MR) is 142 cm³/mol. The van der Waals surface area contributed by atoms with Crippen molar-refractivity contribution >= 4 is 69.5 Å². The third kappa shape index (κ3) is 5.20. The highest BCUT2D eigenvalue weighted by Gasteiger charge is 2.30. The van der Waals surface area contributed by atoms with Gasteiger partial charge in [0.15, 0.2) is 5.65 Å². The maximum Gasteiger partial charge on any atom is 0.225 e. The highest BCUT2D eigenvalue weighted by molar-refractivity contribution is 6.41. The highest BCUT2D eigenvalue weighted by Crippen LogP contribution is 2.40. The van der Waals surface area contributed by atoms with Crippen LogP contribution in [0.3, 0.4) is 0 Å². The van der Waals surface area contributed by atoms with Crippen molar-refractivity contribution in [2.75, 3.05) is 10.6 Å². The molecule has 2 aliphatic carbocycles. The van der Waals surface area contributed by atoms with Crippen LogP contribution in [0.5, 0.6) is 0 Å². The third-order valence-corrected chi connectivity index (χ3v) is 8.00. The Morgan fingerprint density at radius 2 is 1.72 bits per heavy atom. The van der Waals surface area contributed by atoms with Gasteiger partial charge < -0.3 is 21.5 Å². The fraction of sp³-hybridized carbons (Fsp3) is 0.500. The van der Waals surface area contributed by atoms with Crippen LogP contribution in [0, 0.1) is 5.92 Å². The zero-order valence-corrected chi connectivity index (χ0v) is 21.8. The monoisotopic (exact) mass is 551 g/mol. The van der Waals surface area contributed by atoms with Crippen LogP contribution in [-0.2, 0) is 4.79 Å². The van der Waals surface area contributed by atoms with Gasteiger partial charge in [-0.2, -0.15) is 4.98 Å². The third-order valence-electron chi connectivity index (χ3n) is 7.18. The van der Waals surface area contributed by atoms with Crippen LogP contribution in [0.2, 0.25) is 15.1 Å². The first-order chi connectivity index (χ1) is 17.3. The Bertz CT molecular complexity index is 1250. The second-order valence-electron chi connectivity index (χ2n) is 9.59. The second kappa shape index (κ2) is 10.6. The summed E-state index contributed by atoms with van der Waals surface area (Å²) in [6, 6.07) is 3.16. The van der Waals surface area contributed by atoms with Crippen molar-refractivity contribution in [3.05, 3.63) is 33.4 Å². The van der Waals surface area contributed by atoms with Gasteiger partial charge in [-0.25, -0.2) is 9.97 Å². The quantitative estimate of drug-likeness (QED) is 0.319. The number of halogens is 3. The van der Waals surface area contributed by atoms with Gasteiger partial charge in [-0.15, -0.1) is 0 Å². The lowest BCUT2D eigenvalue weighted by atomic mass is 9.85. The molecule has 2 aromatic heterocycles. The molecule has 2 fully saturated rings. The summed E-state index contributed by atoms with van der Waals surface area (Å²) in [6.45, 7) is 0. The number of amides is 1. The van der Waals surface area contributed by atoms with Gasteiger partial charge in [-0.05, 0) is 50.7 Å². The lowest BCUT2D eigenvalue weighted by Crippen LogP contribution is -2.36. The van der Waals surface area contributed by atoms with Crippen LogP contribution in [0.15, 0.2) is 18.3 Å². The number of benzene rings is 1. The molecule has 0 unspecified atom stereocenters. The van der Waals surface area contributed by atoms with Crippen LogP contribution < -0.4 is 16.4 Å². The summed E-state index contributed by atoms with van der Waals surface area (Å²) in [6.07, 6.45) is 7.78. The summed E-state index contributed by atoms with van der Waals surface area (Å²) in [5.74, 6) is 0.562. The van der Waals surface area contributed by atoms with Crippen molar-refractivity contribution < 1.29 is 9.90 Å². The van der Waals surface area contributed by atoms with Crippen LogP contribution in [-0.4, -0.2) is 42.7 Å². The molecule has 0 bridgehead atoms. The number of nitrogens with zero attached hydrogens (tertiary/aromatic N) is 4. The number of carbonyl (C=O) groups is 1. The molecule has 2 saturated carbocycles. The van der Waals surface area contributed by atoms with E-state index in [4.69, 9.17) is 50.5 Å². The Morgan fingerprint density at radius 3 is 2.39 bits per heavy atom. The Labute approximate surface area is 223 Å². The topological polar surface area (TPSA) is 131 Å². The highest BCUT2D eigenvalue weighted by atomic mass is 35.5. The van der Waals surface area contributed by atoms with E-state index in [1.54, 1.807) is 18.3 Å². The largest absolute Gasteiger partial charge is 0.391 e. The Morgan fingerprint density at radius 1 is 1.03 bits per heavy atom. The molecule has 0 aliphatic heterocycles. The van der Waals surface area contributed by atoms with Crippen molar-refractivity contribution in [2.45, 2.75) is 69.6 Å². The number of primary amides is 1. The first kappa shape index (κ1) is 25.3. The molecule has 2 aliphatic rings. The molecule has 1 aromatic carbocycles. The predicted octanol–water partition coefficient (Wildman–Crippen LogP) is 5.46. The maximum atomic E-state index is 11.7. The van der Waals surface area contributed by atoms with Gasteiger partial charge in [-0.3, -0.25) is 9.36 Å². The summed E-state index contributed by atoms with van der Waals surface area (Å²) in [4.78, 5) is 25.7. The van der Waals surface area contributed by atoms with E-state index in [2.05, 4.69) is 15.6 Å². The van der Waals surface area contributed by atoms with Crippen molar-refractivity contribution in [3.63, 3.8) is 0 Å². The number of rotatable bonds is 6. The molecule has 0 spiro atoms. The minimum absolute atomic E-state index is 0.0287. The molecule has 0 saturated heterocycles. The van der Waals surface area contributed by atoms with E-state index in [9.17, 15) is 9.90 Å². The number of carbonyl (C=O) groups excluding carboxylic acids is 1. The molecule has 3 aromatic rings. The summed E-state index contributed by atoms with van der Waals surface area (Å²) >= 11 is 19.0. The summed E-state index contributed by atoms with van der Waals surface area (Å²) in [5.41, 5.74) is 7.29. The summed E-state index contributed by atoms with van der Waals surface area (Å²) in [7, 11) is 0. The molecule has 5 rings (SSSR count). The molecular weight excluding hydrogens is 525 g/mol. The SMILES string of the molecule is NC(=O)C1CCC(n2c(Nc3c(Cl)cc(Cl)cc3Cl)nc3cnc(N[C@H]4CCCC[C@H]4O)nc32)CC1. The van der Waals surface area contributed by atoms with Crippen LogP contribution in [0.4, 0.5) is 17.6 Å². The molecule has 1 amide bonds. The zero-order chi connectivity index (χ0) is 25.4. The van der Waals surface area contributed by atoms with Gasteiger partial charge in [0.1, 0.15) is 5.52 Å². The standard InChI is InChI=1S/C24H28Cl3N7O2/c25-13-9-15(26)20(16(27)10-13)32-24-31-18-11-29-23(30-17-3-1-2-4-19(17)35)33-22(18)34(24)14-7-5-12(6-8-14)21(28)36/h9-12,14,17,19,35H,1-8H2,(H2,28,36)(H,31,32)(H,29,30,33)/t12?,14?,17-,19+/m0/s1. The van der Waals surface area contributed by atoms with Gasteiger partial charge in [0, 0.05) is 17.0 Å². The number of fused-ring (bicyclic) bond motifs is 1. The van der Waals surface area contributed by atoms with Crippen LogP contribution >= 0.6 is 34.8 Å². The lowest BCUT2D eigenvalue weighted by Gasteiger charge is -2.29. The average Bonchev–Trinajstić information content (AvgIpc) is 3.20. The summed E-state index contributed by atoms with van der Waals surface area (Å²) < 4.78 is 2.03. The van der Waals surface area contributed by atoms with E-state index in [0.717, 1.165) is 38.5 Å². The number of hydrogen-bond donors (Lipinski definition) is 4. The number of imidazole rings is 1. The molecule has 2 heterocycles. The number of aliphatic hydroxyl groups excluding tert-OH is 1. The number of nitrogens with one attached hydrogen (secondary N) is 2. The molecule has 2 atom stereocenters. The van der Waals surface area contributed by atoms with E-state index in [0.29, 0.717) is 56.7 Å². The average molecular weight is 553 g/mol. The summed E-state index contributed by atoms with van der Waals surface area (Å²) in [5, 5.41) is 18.1. The fourth-order valence-corrected chi connectivity index (χ4v) is 6.14. The van der Waals surface area contributed by atoms with Crippen LogP contribution in [0.1, 0.15) is 57.4 Å². The first-order valence-electron chi connectivity index (χ1n) is 12.2. The molecule has 192 valence electrons. The molecule has 36 heavy (non-hydrogen) atoms. The van der Waals surface area contributed by atoms with E-state index >= 15 is 0 Å². The van der Waals surface area contributed by atoms with Crippen molar-refractivity contribution in [1.29, 1.82) is 0 Å². The van der Waals surface area contributed by atoms with Gasteiger partial charge in [0.05, 0.1) is 34.1 Å². The Hall–Kier alpha value is -2.33. The van der Waals surface area contributed by atoms with E-state index in [1.807, 2.05) is 4.57 Å². The zero-order valence-electron chi connectivity index (χ0n) is 19.6. The van der Waals surface area contributed by atoms with E-state index in [-0.39, 0.29) is 23.9 Å². The number of aliphatic hydroxyl groups is 1. The maximum absolute atomic E-state index is 11.7. The second-order valence-corrected chi connectivity index (χ2v) is 10.8. The fourth-order valence-electron chi connectivity index (χ4n) is 5.23. The molecule has 5 N–H and O–H groups in total. The van der Waals surface area contributed by atoms with Crippen molar-refractivity contribution in [2.24, 2.45) is 11.7 Å². The van der Waals surface area contributed by atoms with E-state index < -0.39 is 6.10 Å². The minimum atomic E-state index is -0.432. The van der Waals surface area contributed by atoms with Crippen molar-refractivity contribution in [3.8, 4) is 0 Å². The molecular formula is C24H28Cl3N7O2. The lowest BCUT2D eigenvalue weighted by molar-refractivity contribution is -0.122. The van der Waals surface area contributed by atoms with Gasteiger partial charge in [0.25, 0.3) is 0 Å². The van der Waals surface area contributed by atoms with Crippen molar-refractivity contribution in [1.82, 2.24) is 19.5 Å². The van der Waals surface area contributed by atoms with Crippen LogP contribution in [0.25, 0.3) is 11.2 Å². The van der Waals surface area contributed by atoms with E-state index in [1.165, 1.54) is 0 Å². The van der Waals surface area contributed by atoms with Gasteiger partial charge >= 0.3 is 0 Å². The Balaban J connectivity index is 1.53. The number of aromatic nitrogens is 4.